The highest BCUT2D eigenvalue weighted by atomic mass is 32.1. The lowest BCUT2D eigenvalue weighted by atomic mass is 9.96. The molecule has 1 aromatic heterocycles. The molecule has 0 spiro atoms. The molecular weight excluding hydrogens is 323 g/mol. The molecular formula is C19H17FN2OS. The molecule has 5 heteroatoms. The molecule has 3 nitrogen and oxygen atoms in total. The molecule has 4 rings (SSSR count). The quantitative estimate of drug-likeness (QED) is 0.738. The van der Waals surface area contributed by atoms with Crippen molar-refractivity contribution < 1.29 is 9.18 Å². The SMILES string of the molecule is Cc1cccc(C)c1-c1ccc2nc(NC(=O)[C@@H]3CC3F)sc2c1. The number of thiazole rings is 1. The summed E-state index contributed by atoms with van der Waals surface area (Å²) in [6.45, 7) is 4.21. The molecule has 1 unspecified atom stereocenters. The zero-order chi connectivity index (χ0) is 16.8. The van der Waals surface area contributed by atoms with Crippen molar-refractivity contribution in [1.82, 2.24) is 4.98 Å². The van der Waals surface area contributed by atoms with E-state index < -0.39 is 12.1 Å². The number of rotatable bonds is 3. The van der Waals surface area contributed by atoms with Crippen molar-refractivity contribution in [2.75, 3.05) is 5.32 Å². The minimum atomic E-state index is -0.991. The molecule has 0 radical (unpaired) electrons. The third-order valence-corrected chi connectivity index (χ3v) is 5.37. The molecule has 122 valence electrons. The molecule has 1 saturated carbocycles. The van der Waals surface area contributed by atoms with Crippen LogP contribution in [0.3, 0.4) is 0 Å². The number of aryl methyl sites for hydroxylation is 2. The smallest absolute Gasteiger partial charge is 0.232 e. The Kier molecular flexibility index (Phi) is 3.61. The van der Waals surface area contributed by atoms with E-state index in [4.69, 9.17) is 0 Å². The number of hydrogen-bond acceptors (Lipinski definition) is 3. The summed E-state index contributed by atoms with van der Waals surface area (Å²) in [7, 11) is 0. The van der Waals surface area contributed by atoms with Crippen molar-refractivity contribution in [2.45, 2.75) is 26.4 Å². The summed E-state index contributed by atoms with van der Waals surface area (Å²) >= 11 is 1.43. The molecule has 0 saturated heterocycles. The van der Waals surface area contributed by atoms with Gasteiger partial charge in [0.25, 0.3) is 0 Å². The lowest BCUT2D eigenvalue weighted by molar-refractivity contribution is -0.117. The Morgan fingerprint density at radius 1 is 1.25 bits per heavy atom. The Morgan fingerprint density at radius 3 is 2.62 bits per heavy atom. The van der Waals surface area contributed by atoms with Gasteiger partial charge in [0.15, 0.2) is 5.13 Å². The van der Waals surface area contributed by atoms with Gasteiger partial charge in [0.05, 0.1) is 16.1 Å². The molecule has 0 bridgehead atoms. The van der Waals surface area contributed by atoms with Gasteiger partial charge in [-0.1, -0.05) is 35.6 Å². The largest absolute Gasteiger partial charge is 0.302 e. The molecule has 2 aromatic carbocycles. The number of fused-ring (bicyclic) bond motifs is 1. The van der Waals surface area contributed by atoms with Crippen molar-refractivity contribution in [3.8, 4) is 11.1 Å². The van der Waals surface area contributed by atoms with Crippen LogP contribution in [0.5, 0.6) is 0 Å². The summed E-state index contributed by atoms with van der Waals surface area (Å²) in [5.41, 5.74) is 5.69. The van der Waals surface area contributed by atoms with Gasteiger partial charge in [0, 0.05) is 0 Å². The van der Waals surface area contributed by atoms with E-state index in [2.05, 4.69) is 54.5 Å². The van der Waals surface area contributed by atoms with E-state index in [1.54, 1.807) is 0 Å². The number of anilines is 1. The van der Waals surface area contributed by atoms with Gasteiger partial charge in [-0.3, -0.25) is 4.79 Å². The average molecular weight is 340 g/mol. The Bertz CT molecular complexity index is 929. The number of carbonyl (C=O) groups excluding carboxylic acids is 1. The number of halogens is 1. The maximum absolute atomic E-state index is 13.0. The van der Waals surface area contributed by atoms with E-state index in [0.29, 0.717) is 11.6 Å². The zero-order valence-electron chi connectivity index (χ0n) is 13.5. The molecule has 1 aliphatic rings. The minimum Gasteiger partial charge on any atom is -0.302 e. The van der Waals surface area contributed by atoms with Crippen molar-refractivity contribution in [1.29, 1.82) is 0 Å². The van der Waals surface area contributed by atoms with Gasteiger partial charge in [-0.25, -0.2) is 9.37 Å². The fraction of sp³-hybridized carbons (Fsp3) is 0.263. The number of nitrogens with zero attached hydrogens (tertiary/aromatic N) is 1. The number of hydrogen-bond donors (Lipinski definition) is 1. The number of benzene rings is 2. The third-order valence-electron chi connectivity index (χ3n) is 4.44. The summed E-state index contributed by atoms with van der Waals surface area (Å²) in [6.07, 6.45) is -0.664. The first-order valence-corrected chi connectivity index (χ1v) is 8.76. The maximum atomic E-state index is 13.0. The highest BCUT2D eigenvalue weighted by Gasteiger charge is 2.43. The normalized spacial score (nSPS) is 19.5. The second kappa shape index (κ2) is 5.67. The summed E-state index contributed by atoms with van der Waals surface area (Å²) in [5.74, 6) is -0.765. The summed E-state index contributed by atoms with van der Waals surface area (Å²) in [6, 6.07) is 12.4. The van der Waals surface area contributed by atoms with Crippen molar-refractivity contribution in [3.63, 3.8) is 0 Å². The summed E-state index contributed by atoms with van der Waals surface area (Å²) < 4.78 is 14.0. The molecule has 1 amide bonds. The van der Waals surface area contributed by atoms with Crippen LogP contribution in [0.2, 0.25) is 0 Å². The van der Waals surface area contributed by atoms with Gasteiger partial charge in [0.1, 0.15) is 6.17 Å². The Morgan fingerprint density at radius 2 is 1.96 bits per heavy atom. The zero-order valence-corrected chi connectivity index (χ0v) is 14.3. The van der Waals surface area contributed by atoms with Gasteiger partial charge >= 0.3 is 0 Å². The van der Waals surface area contributed by atoms with Crippen LogP contribution in [-0.2, 0) is 4.79 Å². The number of aromatic nitrogens is 1. The third kappa shape index (κ3) is 2.69. The Hall–Kier alpha value is -2.27. The van der Waals surface area contributed by atoms with Crippen molar-refractivity contribution in [2.24, 2.45) is 5.92 Å². The van der Waals surface area contributed by atoms with Crippen LogP contribution in [0.15, 0.2) is 36.4 Å². The van der Waals surface area contributed by atoms with E-state index in [0.717, 1.165) is 15.8 Å². The first-order valence-electron chi connectivity index (χ1n) is 7.95. The highest BCUT2D eigenvalue weighted by molar-refractivity contribution is 7.22. The second-order valence-electron chi connectivity index (χ2n) is 6.32. The second-order valence-corrected chi connectivity index (χ2v) is 7.35. The van der Waals surface area contributed by atoms with Crippen LogP contribution in [0.1, 0.15) is 17.5 Å². The van der Waals surface area contributed by atoms with Crippen LogP contribution in [0.25, 0.3) is 21.3 Å². The maximum Gasteiger partial charge on any atom is 0.232 e. The monoisotopic (exact) mass is 340 g/mol. The molecule has 2 atom stereocenters. The number of carbonyl (C=O) groups is 1. The van der Waals surface area contributed by atoms with Crippen LogP contribution in [-0.4, -0.2) is 17.1 Å². The molecule has 3 aromatic rings. The summed E-state index contributed by atoms with van der Waals surface area (Å²) in [4.78, 5) is 16.3. The van der Waals surface area contributed by atoms with Crippen LogP contribution >= 0.6 is 11.3 Å². The first kappa shape index (κ1) is 15.3. The lowest BCUT2D eigenvalue weighted by Crippen LogP contribution is -2.14. The van der Waals surface area contributed by atoms with Crippen molar-refractivity contribution in [3.05, 3.63) is 47.5 Å². The minimum absolute atomic E-state index is 0.267. The number of alkyl halides is 1. The Balaban J connectivity index is 1.67. The van der Waals surface area contributed by atoms with E-state index in [1.165, 1.54) is 28.0 Å². The predicted molar refractivity (Wildman–Crippen MR) is 96.2 cm³/mol. The molecule has 24 heavy (non-hydrogen) atoms. The van der Waals surface area contributed by atoms with E-state index in [-0.39, 0.29) is 5.91 Å². The predicted octanol–water partition coefficient (Wildman–Crippen LogP) is 4.88. The Labute approximate surface area is 143 Å². The van der Waals surface area contributed by atoms with Gasteiger partial charge < -0.3 is 5.32 Å². The number of amides is 1. The molecule has 1 fully saturated rings. The lowest BCUT2D eigenvalue weighted by Gasteiger charge is -2.09. The topological polar surface area (TPSA) is 42.0 Å². The summed E-state index contributed by atoms with van der Waals surface area (Å²) in [5, 5.41) is 3.27. The van der Waals surface area contributed by atoms with E-state index in [9.17, 15) is 9.18 Å². The van der Waals surface area contributed by atoms with Crippen molar-refractivity contribution >= 4 is 32.6 Å². The fourth-order valence-electron chi connectivity index (χ4n) is 3.04. The van der Waals surface area contributed by atoms with Gasteiger partial charge in [-0.2, -0.15) is 0 Å². The fourth-order valence-corrected chi connectivity index (χ4v) is 3.94. The molecule has 1 aliphatic carbocycles. The molecule has 1 N–H and O–H groups in total. The van der Waals surface area contributed by atoms with Crippen LogP contribution < -0.4 is 5.32 Å². The molecule has 1 heterocycles. The van der Waals surface area contributed by atoms with Crippen LogP contribution in [0, 0.1) is 19.8 Å². The first-order chi connectivity index (χ1) is 11.5. The van der Waals surface area contributed by atoms with Gasteiger partial charge in [-0.15, -0.1) is 0 Å². The average Bonchev–Trinajstić information content (AvgIpc) is 3.13. The molecule has 0 aliphatic heterocycles. The highest BCUT2D eigenvalue weighted by Crippen LogP contribution is 2.36. The van der Waals surface area contributed by atoms with E-state index in [1.807, 2.05) is 6.07 Å². The van der Waals surface area contributed by atoms with Gasteiger partial charge in [-0.05, 0) is 54.7 Å². The standard InChI is InChI=1S/C19H17FN2OS/c1-10-4-3-5-11(2)17(10)12-6-7-15-16(8-12)24-19(21-15)22-18(23)13-9-14(13)20/h3-8,13-14H,9H2,1-2H3,(H,21,22,23)/t13-,14?/m1/s1. The van der Waals surface area contributed by atoms with Crippen LogP contribution in [0.4, 0.5) is 9.52 Å². The van der Waals surface area contributed by atoms with E-state index >= 15 is 0 Å². The van der Waals surface area contributed by atoms with Gasteiger partial charge in [0.2, 0.25) is 5.91 Å². The number of nitrogens with one attached hydrogen (secondary N) is 1.